The van der Waals surface area contributed by atoms with Gasteiger partial charge in [-0.15, -0.1) is 12.4 Å². The fourth-order valence-corrected chi connectivity index (χ4v) is 2.01. The van der Waals surface area contributed by atoms with E-state index in [4.69, 9.17) is 5.73 Å². The van der Waals surface area contributed by atoms with E-state index >= 15 is 0 Å². The molecule has 3 nitrogen and oxygen atoms in total. The third kappa shape index (κ3) is 3.22. The van der Waals surface area contributed by atoms with Crippen LogP contribution in [-0.4, -0.2) is 18.0 Å². The Hall–Kier alpha value is -1.06. The summed E-state index contributed by atoms with van der Waals surface area (Å²) in [4.78, 5) is 11.8. The van der Waals surface area contributed by atoms with Crippen LogP contribution in [0.25, 0.3) is 0 Å². The van der Waals surface area contributed by atoms with E-state index in [2.05, 4.69) is 5.32 Å². The molecule has 2 unspecified atom stereocenters. The largest absolute Gasteiger partial charge is 0.349 e. The summed E-state index contributed by atoms with van der Waals surface area (Å²) in [6, 6.07) is 9.81. The summed E-state index contributed by atoms with van der Waals surface area (Å²) in [5.41, 5.74) is 6.51. The predicted octanol–water partition coefficient (Wildman–Crippen LogP) is 1.72. The minimum Gasteiger partial charge on any atom is -0.349 e. The highest BCUT2D eigenvalue weighted by Gasteiger charge is 2.23. The van der Waals surface area contributed by atoms with Gasteiger partial charge >= 0.3 is 0 Å². The molecule has 2 rings (SSSR count). The van der Waals surface area contributed by atoms with Crippen LogP contribution in [0.4, 0.5) is 0 Å². The van der Waals surface area contributed by atoms with Crippen LogP contribution in [0.2, 0.25) is 0 Å². The van der Waals surface area contributed by atoms with Crippen molar-refractivity contribution in [3.05, 3.63) is 35.9 Å². The normalized spacial score (nSPS) is 23.6. The van der Waals surface area contributed by atoms with Crippen LogP contribution >= 0.6 is 12.4 Å². The highest BCUT2D eigenvalue weighted by Crippen LogP contribution is 2.17. The first kappa shape index (κ1) is 13.0. The second kappa shape index (κ2) is 5.87. The molecule has 0 bridgehead atoms. The summed E-state index contributed by atoms with van der Waals surface area (Å²) in [6.07, 6.45) is 2.91. The molecule has 1 aliphatic carbocycles. The van der Waals surface area contributed by atoms with Gasteiger partial charge in [-0.25, -0.2) is 0 Å². The number of halogens is 1. The van der Waals surface area contributed by atoms with Crippen molar-refractivity contribution in [3.63, 3.8) is 0 Å². The zero-order chi connectivity index (χ0) is 10.7. The Kier molecular flexibility index (Phi) is 4.77. The Balaban J connectivity index is 0.00000128. The third-order valence-corrected chi connectivity index (χ3v) is 2.84. The molecule has 1 fully saturated rings. The van der Waals surface area contributed by atoms with E-state index in [9.17, 15) is 4.79 Å². The van der Waals surface area contributed by atoms with E-state index in [0.717, 1.165) is 24.8 Å². The molecule has 2 atom stereocenters. The van der Waals surface area contributed by atoms with E-state index < -0.39 is 0 Å². The number of carbonyl (C=O) groups excluding carboxylic acids is 1. The van der Waals surface area contributed by atoms with Crippen LogP contribution < -0.4 is 11.1 Å². The Bertz CT molecular complexity index is 342. The van der Waals surface area contributed by atoms with Crippen molar-refractivity contribution >= 4 is 18.3 Å². The van der Waals surface area contributed by atoms with Crippen LogP contribution in [0.3, 0.4) is 0 Å². The predicted molar refractivity (Wildman–Crippen MR) is 66.8 cm³/mol. The van der Waals surface area contributed by atoms with Crippen molar-refractivity contribution in [3.8, 4) is 0 Å². The summed E-state index contributed by atoms with van der Waals surface area (Å²) in [5.74, 6) is 0.00898. The molecule has 88 valence electrons. The molecule has 1 aromatic carbocycles. The van der Waals surface area contributed by atoms with Gasteiger partial charge in [-0.3, -0.25) is 4.79 Å². The number of hydrogen-bond acceptors (Lipinski definition) is 2. The third-order valence-electron chi connectivity index (χ3n) is 2.84. The molecule has 1 aliphatic rings. The smallest absolute Gasteiger partial charge is 0.251 e. The number of hydrogen-bond donors (Lipinski definition) is 2. The van der Waals surface area contributed by atoms with E-state index in [1.807, 2.05) is 30.3 Å². The van der Waals surface area contributed by atoms with Crippen LogP contribution in [0.15, 0.2) is 30.3 Å². The van der Waals surface area contributed by atoms with Gasteiger partial charge in [-0.1, -0.05) is 18.2 Å². The molecule has 0 heterocycles. The molecule has 1 aromatic rings. The highest BCUT2D eigenvalue weighted by molar-refractivity contribution is 5.94. The van der Waals surface area contributed by atoms with Gasteiger partial charge in [0.1, 0.15) is 0 Å². The lowest BCUT2D eigenvalue weighted by Crippen LogP contribution is -2.33. The zero-order valence-corrected chi connectivity index (χ0v) is 9.87. The Morgan fingerprint density at radius 1 is 1.25 bits per heavy atom. The number of amides is 1. The van der Waals surface area contributed by atoms with E-state index in [-0.39, 0.29) is 30.4 Å². The first-order valence-electron chi connectivity index (χ1n) is 5.37. The summed E-state index contributed by atoms with van der Waals surface area (Å²) in [7, 11) is 0. The van der Waals surface area contributed by atoms with Gasteiger partial charge in [0.25, 0.3) is 5.91 Å². The maximum Gasteiger partial charge on any atom is 0.251 e. The average Bonchev–Trinajstić information content (AvgIpc) is 2.65. The van der Waals surface area contributed by atoms with Crippen molar-refractivity contribution < 1.29 is 4.79 Å². The minimum atomic E-state index is 0. The molecular formula is C12H17ClN2O. The molecule has 0 spiro atoms. The van der Waals surface area contributed by atoms with E-state index in [0.29, 0.717) is 0 Å². The van der Waals surface area contributed by atoms with E-state index in [1.54, 1.807) is 0 Å². The van der Waals surface area contributed by atoms with Crippen molar-refractivity contribution in [1.82, 2.24) is 5.32 Å². The molecule has 16 heavy (non-hydrogen) atoms. The summed E-state index contributed by atoms with van der Waals surface area (Å²) in [5, 5.41) is 3.01. The summed E-state index contributed by atoms with van der Waals surface area (Å²) in [6.45, 7) is 0. The second-order valence-corrected chi connectivity index (χ2v) is 4.11. The van der Waals surface area contributed by atoms with Crippen LogP contribution in [0, 0.1) is 0 Å². The lowest BCUT2D eigenvalue weighted by Gasteiger charge is -2.12. The van der Waals surface area contributed by atoms with Gasteiger partial charge in [0, 0.05) is 17.6 Å². The number of nitrogens with one attached hydrogen (secondary N) is 1. The standard InChI is InChI=1S/C12H16N2O.ClH/c13-10-6-7-11(8-10)14-12(15)9-4-2-1-3-5-9;/h1-5,10-11H,6-8,13H2,(H,14,15);1H. The van der Waals surface area contributed by atoms with Crippen molar-refractivity contribution in [2.45, 2.75) is 31.3 Å². The van der Waals surface area contributed by atoms with Gasteiger partial charge in [0.15, 0.2) is 0 Å². The fourth-order valence-electron chi connectivity index (χ4n) is 2.01. The summed E-state index contributed by atoms with van der Waals surface area (Å²) >= 11 is 0. The Morgan fingerprint density at radius 3 is 2.50 bits per heavy atom. The highest BCUT2D eigenvalue weighted by atomic mass is 35.5. The van der Waals surface area contributed by atoms with Crippen molar-refractivity contribution in [1.29, 1.82) is 0 Å². The fraction of sp³-hybridized carbons (Fsp3) is 0.417. The zero-order valence-electron chi connectivity index (χ0n) is 9.06. The molecule has 0 aromatic heterocycles. The molecule has 1 amide bonds. The Morgan fingerprint density at radius 2 is 1.94 bits per heavy atom. The van der Waals surface area contributed by atoms with Gasteiger partial charge in [0.2, 0.25) is 0 Å². The number of carbonyl (C=O) groups is 1. The van der Waals surface area contributed by atoms with Crippen molar-refractivity contribution in [2.24, 2.45) is 5.73 Å². The van der Waals surface area contributed by atoms with Crippen molar-refractivity contribution in [2.75, 3.05) is 0 Å². The maximum atomic E-state index is 11.8. The molecule has 1 saturated carbocycles. The van der Waals surface area contributed by atoms with Gasteiger partial charge in [-0.05, 0) is 31.4 Å². The first-order valence-corrected chi connectivity index (χ1v) is 5.37. The molecule has 4 heteroatoms. The lowest BCUT2D eigenvalue weighted by atomic mass is 10.2. The molecular weight excluding hydrogens is 224 g/mol. The van der Waals surface area contributed by atoms with Gasteiger partial charge < -0.3 is 11.1 Å². The summed E-state index contributed by atoms with van der Waals surface area (Å²) < 4.78 is 0. The van der Waals surface area contributed by atoms with Crippen LogP contribution in [-0.2, 0) is 0 Å². The molecule has 0 aliphatic heterocycles. The SMILES string of the molecule is Cl.NC1CCC(NC(=O)c2ccccc2)C1. The maximum absolute atomic E-state index is 11.8. The first-order chi connectivity index (χ1) is 7.25. The monoisotopic (exact) mass is 240 g/mol. The minimum absolute atomic E-state index is 0. The topological polar surface area (TPSA) is 55.1 Å². The molecule has 3 N–H and O–H groups in total. The van der Waals surface area contributed by atoms with Gasteiger partial charge in [-0.2, -0.15) is 0 Å². The number of benzene rings is 1. The quantitative estimate of drug-likeness (QED) is 0.827. The van der Waals surface area contributed by atoms with Crippen LogP contribution in [0.5, 0.6) is 0 Å². The second-order valence-electron chi connectivity index (χ2n) is 4.11. The lowest BCUT2D eigenvalue weighted by molar-refractivity contribution is 0.0937. The molecule has 0 radical (unpaired) electrons. The van der Waals surface area contributed by atoms with Gasteiger partial charge in [0.05, 0.1) is 0 Å². The number of nitrogens with two attached hydrogens (primary N) is 1. The average molecular weight is 241 g/mol. The Labute approximate surface area is 102 Å². The molecule has 0 saturated heterocycles. The van der Waals surface area contributed by atoms with E-state index in [1.165, 1.54) is 0 Å². The number of rotatable bonds is 2. The van der Waals surface area contributed by atoms with Crippen LogP contribution in [0.1, 0.15) is 29.6 Å².